The third-order valence-electron chi connectivity index (χ3n) is 3.92. The van der Waals surface area contributed by atoms with Crippen LogP contribution in [0.25, 0.3) is 0 Å². The average molecular weight is 283 g/mol. The zero-order valence-electron chi connectivity index (χ0n) is 10.7. The van der Waals surface area contributed by atoms with Crippen LogP contribution >= 0.6 is 0 Å². The molecule has 1 saturated heterocycles. The number of aliphatic hydroxyl groups is 1. The van der Waals surface area contributed by atoms with Gasteiger partial charge in [-0.3, -0.25) is 0 Å². The molecule has 0 unspecified atom stereocenters. The molecule has 0 spiro atoms. The smallest absolute Gasteiger partial charge is 0.246 e. The number of β-amino-alcohol motifs (C(OH)–C–C–N with tert-alkyl or cyclic N) is 1. The molecule has 1 aliphatic carbocycles. The van der Waals surface area contributed by atoms with E-state index in [1.54, 1.807) is 18.2 Å². The summed E-state index contributed by atoms with van der Waals surface area (Å²) in [6.07, 6.45) is 2.00. The summed E-state index contributed by atoms with van der Waals surface area (Å²) in [6, 6.07) is 6.55. The molecule has 0 amide bonds. The standard InChI is InChI=1S/C13H17NO4S/c1-18-11-4-2-3-5-12(11)19(16,17)14-8-13(15,9-14)10-6-7-10/h2-5,10,15H,6-9H2,1H3. The lowest BCUT2D eigenvalue weighted by molar-refractivity contribution is -0.0765. The molecular weight excluding hydrogens is 266 g/mol. The number of hydrogen-bond acceptors (Lipinski definition) is 4. The fourth-order valence-corrected chi connectivity index (χ4v) is 4.31. The van der Waals surface area contributed by atoms with Crippen molar-refractivity contribution in [2.75, 3.05) is 20.2 Å². The number of ether oxygens (including phenoxy) is 1. The number of para-hydroxylation sites is 1. The van der Waals surface area contributed by atoms with Gasteiger partial charge in [0.15, 0.2) is 0 Å². The number of rotatable bonds is 4. The van der Waals surface area contributed by atoms with E-state index in [1.807, 2.05) is 0 Å². The molecule has 1 aliphatic heterocycles. The van der Waals surface area contributed by atoms with Crippen LogP contribution in [0.1, 0.15) is 12.8 Å². The van der Waals surface area contributed by atoms with Crippen molar-refractivity contribution in [3.8, 4) is 5.75 Å². The van der Waals surface area contributed by atoms with Crippen LogP contribution in [0, 0.1) is 5.92 Å². The van der Waals surface area contributed by atoms with Crippen molar-refractivity contribution >= 4 is 10.0 Å². The van der Waals surface area contributed by atoms with Crippen LogP contribution in [0.5, 0.6) is 5.75 Å². The normalized spacial score (nSPS) is 22.8. The molecule has 1 aromatic carbocycles. The number of nitrogens with zero attached hydrogens (tertiary/aromatic N) is 1. The lowest BCUT2D eigenvalue weighted by Gasteiger charge is -2.45. The van der Waals surface area contributed by atoms with Crippen molar-refractivity contribution in [2.45, 2.75) is 23.3 Å². The summed E-state index contributed by atoms with van der Waals surface area (Å²) in [5, 5.41) is 10.2. The van der Waals surface area contributed by atoms with Gasteiger partial charge in [-0.05, 0) is 30.9 Å². The number of benzene rings is 1. The van der Waals surface area contributed by atoms with Crippen LogP contribution < -0.4 is 4.74 Å². The second-order valence-corrected chi connectivity index (χ2v) is 7.21. The summed E-state index contributed by atoms with van der Waals surface area (Å²) >= 11 is 0. The van der Waals surface area contributed by atoms with E-state index in [9.17, 15) is 13.5 Å². The van der Waals surface area contributed by atoms with Gasteiger partial charge in [-0.15, -0.1) is 0 Å². The Hall–Kier alpha value is -1.11. The van der Waals surface area contributed by atoms with Gasteiger partial charge in [0, 0.05) is 13.1 Å². The maximum Gasteiger partial charge on any atom is 0.246 e. The lowest BCUT2D eigenvalue weighted by Crippen LogP contribution is -2.64. The molecule has 2 fully saturated rings. The summed E-state index contributed by atoms with van der Waals surface area (Å²) in [4.78, 5) is 0.162. The molecule has 104 valence electrons. The first kappa shape index (κ1) is 12.9. The zero-order chi connectivity index (χ0) is 13.7. The molecule has 2 aliphatic rings. The molecule has 0 aromatic heterocycles. The Labute approximate surface area is 112 Å². The Morgan fingerprint density at radius 3 is 2.53 bits per heavy atom. The maximum absolute atomic E-state index is 12.5. The SMILES string of the molecule is COc1ccccc1S(=O)(=O)N1CC(O)(C2CC2)C1. The molecule has 6 heteroatoms. The summed E-state index contributed by atoms with van der Waals surface area (Å²) in [5.41, 5.74) is -0.810. The highest BCUT2D eigenvalue weighted by molar-refractivity contribution is 7.89. The van der Waals surface area contributed by atoms with E-state index < -0.39 is 15.6 Å². The van der Waals surface area contributed by atoms with Gasteiger partial charge in [-0.1, -0.05) is 12.1 Å². The highest BCUT2D eigenvalue weighted by Crippen LogP contribution is 2.46. The van der Waals surface area contributed by atoms with Crippen LogP contribution in [-0.2, 0) is 10.0 Å². The van der Waals surface area contributed by atoms with Crippen LogP contribution in [0.3, 0.4) is 0 Å². The van der Waals surface area contributed by atoms with Gasteiger partial charge < -0.3 is 9.84 Å². The van der Waals surface area contributed by atoms with Crippen LogP contribution in [0.4, 0.5) is 0 Å². The van der Waals surface area contributed by atoms with Crippen LogP contribution in [-0.4, -0.2) is 43.6 Å². The van der Waals surface area contributed by atoms with Crippen molar-refractivity contribution in [1.82, 2.24) is 4.31 Å². The van der Waals surface area contributed by atoms with Gasteiger partial charge in [-0.2, -0.15) is 4.31 Å². The van der Waals surface area contributed by atoms with Gasteiger partial charge in [0.2, 0.25) is 10.0 Å². The number of sulfonamides is 1. The maximum atomic E-state index is 12.5. The van der Waals surface area contributed by atoms with E-state index in [4.69, 9.17) is 4.74 Å². The molecular formula is C13H17NO4S. The molecule has 0 atom stereocenters. The van der Waals surface area contributed by atoms with Crippen molar-refractivity contribution in [2.24, 2.45) is 5.92 Å². The Bertz CT molecular complexity index is 588. The fraction of sp³-hybridized carbons (Fsp3) is 0.538. The first-order valence-corrected chi connectivity index (χ1v) is 7.77. The first-order valence-electron chi connectivity index (χ1n) is 6.33. The molecule has 3 rings (SSSR count). The van der Waals surface area contributed by atoms with Gasteiger partial charge in [-0.25, -0.2) is 8.42 Å². The molecule has 0 bridgehead atoms. The van der Waals surface area contributed by atoms with Crippen molar-refractivity contribution < 1.29 is 18.3 Å². The topological polar surface area (TPSA) is 66.8 Å². The molecule has 1 aromatic rings. The van der Waals surface area contributed by atoms with E-state index >= 15 is 0 Å². The van der Waals surface area contributed by atoms with E-state index in [1.165, 1.54) is 17.5 Å². The molecule has 19 heavy (non-hydrogen) atoms. The quantitative estimate of drug-likeness (QED) is 0.889. The van der Waals surface area contributed by atoms with Crippen molar-refractivity contribution in [1.29, 1.82) is 0 Å². The van der Waals surface area contributed by atoms with Crippen molar-refractivity contribution in [3.05, 3.63) is 24.3 Å². The second kappa shape index (κ2) is 4.19. The summed E-state index contributed by atoms with van der Waals surface area (Å²) in [6.45, 7) is 0.385. The summed E-state index contributed by atoms with van der Waals surface area (Å²) in [7, 11) is -2.12. The Morgan fingerprint density at radius 2 is 1.95 bits per heavy atom. The van der Waals surface area contributed by atoms with E-state index in [2.05, 4.69) is 0 Å². The monoisotopic (exact) mass is 283 g/mol. The third kappa shape index (κ3) is 2.04. The number of methoxy groups -OCH3 is 1. The lowest BCUT2D eigenvalue weighted by atomic mass is 9.91. The molecule has 1 saturated carbocycles. The van der Waals surface area contributed by atoms with Gasteiger partial charge in [0.1, 0.15) is 10.6 Å². The Balaban J connectivity index is 1.84. The second-order valence-electron chi connectivity index (χ2n) is 5.30. The Kier molecular flexibility index (Phi) is 2.85. The molecule has 5 nitrogen and oxygen atoms in total. The summed E-state index contributed by atoms with van der Waals surface area (Å²) in [5.74, 6) is 0.612. The zero-order valence-corrected chi connectivity index (χ0v) is 11.6. The minimum absolute atomic E-state index is 0.162. The van der Waals surface area contributed by atoms with Gasteiger partial charge in [0.25, 0.3) is 0 Å². The van der Waals surface area contributed by atoms with Gasteiger partial charge in [0.05, 0.1) is 12.7 Å². The van der Waals surface area contributed by atoms with Crippen molar-refractivity contribution in [3.63, 3.8) is 0 Å². The van der Waals surface area contributed by atoms with Gasteiger partial charge >= 0.3 is 0 Å². The largest absolute Gasteiger partial charge is 0.495 e. The third-order valence-corrected chi connectivity index (χ3v) is 5.76. The fourth-order valence-electron chi connectivity index (χ4n) is 2.58. The summed E-state index contributed by atoms with van der Waals surface area (Å²) < 4.78 is 31.3. The van der Waals surface area contributed by atoms with E-state index in [0.29, 0.717) is 5.75 Å². The first-order chi connectivity index (χ1) is 8.97. The van der Waals surface area contributed by atoms with Crippen LogP contribution in [0.2, 0.25) is 0 Å². The highest BCUT2D eigenvalue weighted by atomic mass is 32.2. The van der Waals surface area contributed by atoms with E-state index in [-0.39, 0.29) is 23.9 Å². The minimum atomic E-state index is -3.57. The van der Waals surface area contributed by atoms with E-state index in [0.717, 1.165) is 12.8 Å². The molecule has 0 radical (unpaired) electrons. The molecule has 1 heterocycles. The van der Waals surface area contributed by atoms with Crippen LogP contribution in [0.15, 0.2) is 29.2 Å². The molecule has 1 N–H and O–H groups in total. The highest BCUT2D eigenvalue weighted by Gasteiger charge is 2.55. The average Bonchev–Trinajstić information content (AvgIpc) is 3.19. The predicted molar refractivity (Wildman–Crippen MR) is 69.4 cm³/mol. The minimum Gasteiger partial charge on any atom is -0.495 e. The Morgan fingerprint density at radius 1 is 1.32 bits per heavy atom. The number of hydrogen-bond donors (Lipinski definition) is 1. The predicted octanol–water partition coefficient (Wildman–Crippen LogP) is 0.841.